The van der Waals surface area contributed by atoms with Crippen molar-refractivity contribution < 1.29 is 23.7 Å². The summed E-state index contributed by atoms with van der Waals surface area (Å²) in [7, 11) is 1.75. The fraction of sp³-hybridized carbons (Fsp3) is 0.654. The van der Waals surface area contributed by atoms with Crippen LogP contribution in [0.5, 0.6) is 0 Å². The van der Waals surface area contributed by atoms with E-state index in [0.717, 1.165) is 30.4 Å². The van der Waals surface area contributed by atoms with Gasteiger partial charge in [0.15, 0.2) is 5.79 Å². The highest BCUT2D eigenvalue weighted by molar-refractivity contribution is 5.83. The molecule has 3 aliphatic rings. The highest BCUT2D eigenvalue weighted by Crippen LogP contribution is 2.60. The van der Waals surface area contributed by atoms with E-state index >= 15 is 0 Å². The molecule has 31 heavy (non-hydrogen) atoms. The standard InChI is InChI=1S/C26H38O5/c1-18(2)9-8-12-24(5)13-10-20-17-30-25(6)16-22(28-7)26(20,31-25)21(24)11-14-29-23(27)15-19(3)4/h9-11,14-15,21-22H,8,12-13,16-17H2,1-7H3/b14-11-/t21-,22+,24+,25+,26-/m1/s1. The Morgan fingerprint density at radius 2 is 1.97 bits per heavy atom. The fourth-order valence-electron chi connectivity index (χ4n) is 5.38. The molecule has 5 atom stereocenters. The number of esters is 1. The molecular formula is C26H38O5. The van der Waals surface area contributed by atoms with Crippen LogP contribution in [-0.4, -0.2) is 37.2 Å². The Balaban J connectivity index is 1.99. The molecule has 172 valence electrons. The third-order valence-electron chi connectivity index (χ3n) is 6.90. The first-order valence-corrected chi connectivity index (χ1v) is 11.3. The minimum Gasteiger partial charge on any atom is -0.432 e. The van der Waals surface area contributed by atoms with E-state index in [0.29, 0.717) is 13.0 Å². The number of hydrogen-bond donors (Lipinski definition) is 0. The zero-order chi connectivity index (χ0) is 22.9. The SMILES string of the molecule is CO[C@H]1C[C@@]2(C)OCC3=CC[C@](C)(CCC=C(C)C)[C@@H](/C=C\OC(=O)C=C(C)C)[C@]31O2. The Morgan fingerprint density at radius 1 is 1.23 bits per heavy atom. The lowest BCUT2D eigenvalue weighted by Gasteiger charge is -2.54. The van der Waals surface area contributed by atoms with Crippen molar-refractivity contribution in [2.75, 3.05) is 13.7 Å². The molecule has 1 spiro atoms. The van der Waals surface area contributed by atoms with Crippen LogP contribution < -0.4 is 0 Å². The van der Waals surface area contributed by atoms with E-state index in [2.05, 4.69) is 32.9 Å². The van der Waals surface area contributed by atoms with Crippen molar-refractivity contribution in [2.24, 2.45) is 11.3 Å². The Morgan fingerprint density at radius 3 is 2.61 bits per heavy atom. The third kappa shape index (κ3) is 4.74. The first kappa shape index (κ1) is 24.0. The lowest BCUT2D eigenvalue weighted by molar-refractivity contribution is -0.278. The maximum atomic E-state index is 12.1. The van der Waals surface area contributed by atoms with Crippen LogP contribution in [0.3, 0.4) is 0 Å². The van der Waals surface area contributed by atoms with Gasteiger partial charge < -0.3 is 18.9 Å². The zero-order valence-electron chi connectivity index (χ0n) is 20.1. The predicted octanol–water partition coefficient (Wildman–Crippen LogP) is 5.63. The molecule has 2 aliphatic heterocycles. The van der Waals surface area contributed by atoms with E-state index in [4.69, 9.17) is 18.9 Å². The Hall–Kier alpha value is -1.69. The third-order valence-corrected chi connectivity index (χ3v) is 6.90. The molecule has 2 fully saturated rings. The largest absolute Gasteiger partial charge is 0.432 e. The summed E-state index contributed by atoms with van der Waals surface area (Å²) < 4.78 is 24.2. The van der Waals surface area contributed by atoms with Crippen LogP contribution in [0.4, 0.5) is 0 Å². The molecule has 1 aliphatic carbocycles. The van der Waals surface area contributed by atoms with Gasteiger partial charge >= 0.3 is 5.97 Å². The number of methoxy groups -OCH3 is 1. The van der Waals surface area contributed by atoms with Crippen molar-refractivity contribution in [2.45, 2.75) is 84.7 Å². The first-order valence-electron chi connectivity index (χ1n) is 11.3. The van der Waals surface area contributed by atoms with E-state index in [1.165, 1.54) is 11.6 Å². The molecule has 2 bridgehead atoms. The summed E-state index contributed by atoms with van der Waals surface area (Å²) in [5.41, 5.74) is 2.68. The van der Waals surface area contributed by atoms with Crippen molar-refractivity contribution in [3.8, 4) is 0 Å². The second kappa shape index (κ2) is 9.05. The molecule has 0 aromatic rings. The maximum Gasteiger partial charge on any atom is 0.335 e. The fourth-order valence-corrected chi connectivity index (χ4v) is 5.38. The van der Waals surface area contributed by atoms with Gasteiger partial charge in [-0.25, -0.2) is 4.79 Å². The minimum atomic E-state index is -0.666. The van der Waals surface area contributed by atoms with Crippen molar-refractivity contribution in [1.82, 2.24) is 0 Å². The van der Waals surface area contributed by atoms with Gasteiger partial charge in [-0.05, 0) is 70.9 Å². The molecule has 0 aromatic heterocycles. The van der Waals surface area contributed by atoms with Crippen LogP contribution in [0, 0.1) is 11.3 Å². The van der Waals surface area contributed by atoms with Gasteiger partial charge in [0.05, 0.1) is 19.0 Å². The molecule has 5 heteroatoms. The van der Waals surface area contributed by atoms with Crippen LogP contribution in [0.2, 0.25) is 0 Å². The average molecular weight is 431 g/mol. The second-order valence-corrected chi connectivity index (χ2v) is 10.1. The number of rotatable bonds is 7. The van der Waals surface area contributed by atoms with Crippen LogP contribution >= 0.6 is 0 Å². The maximum absolute atomic E-state index is 12.1. The summed E-state index contributed by atoms with van der Waals surface area (Å²) in [5, 5.41) is 0. The molecule has 5 nitrogen and oxygen atoms in total. The summed E-state index contributed by atoms with van der Waals surface area (Å²) in [6.07, 6.45) is 13.1. The molecule has 0 unspecified atom stereocenters. The number of ether oxygens (including phenoxy) is 4. The number of fused-ring (bicyclic) bond motifs is 1. The quantitative estimate of drug-likeness (QED) is 0.227. The summed E-state index contributed by atoms with van der Waals surface area (Å²) in [4.78, 5) is 12.1. The minimum absolute atomic E-state index is 0.0132. The summed E-state index contributed by atoms with van der Waals surface area (Å²) in [5.74, 6) is -1.04. The highest BCUT2D eigenvalue weighted by atomic mass is 16.7. The van der Waals surface area contributed by atoms with Gasteiger partial charge in [0.2, 0.25) is 0 Å². The monoisotopic (exact) mass is 430 g/mol. The van der Waals surface area contributed by atoms with Gasteiger partial charge in [-0.15, -0.1) is 0 Å². The Labute approximate surface area is 187 Å². The molecule has 0 amide bonds. The van der Waals surface area contributed by atoms with Crippen LogP contribution in [0.25, 0.3) is 0 Å². The van der Waals surface area contributed by atoms with Gasteiger partial charge in [0, 0.05) is 25.5 Å². The van der Waals surface area contributed by atoms with Gasteiger partial charge in [0.25, 0.3) is 0 Å². The zero-order valence-corrected chi connectivity index (χ0v) is 20.1. The molecule has 3 rings (SSSR count). The van der Waals surface area contributed by atoms with E-state index in [1.807, 2.05) is 26.8 Å². The molecular weight excluding hydrogens is 392 g/mol. The van der Waals surface area contributed by atoms with Gasteiger partial charge in [-0.1, -0.05) is 30.2 Å². The molecule has 0 N–H and O–H groups in total. The molecule has 0 radical (unpaired) electrons. The summed E-state index contributed by atoms with van der Waals surface area (Å²) >= 11 is 0. The smallest absolute Gasteiger partial charge is 0.335 e. The molecule has 0 saturated carbocycles. The van der Waals surface area contributed by atoms with Crippen molar-refractivity contribution in [3.05, 3.63) is 47.3 Å². The molecule has 2 saturated heterocycles. The van der Waals surface area contributed by atoms with E-state index in [-0.39, 0.29) is 23.4 Å². The normalized spacial score (nSPS) is 36.5. The van der Waals surface area contributed by atoms with Gasteiger partial charge in [0.1, 0.15) is 5.60 Å². The highest BCUT2D eigenvalue weighted by Gasteiger charge is 2.66. The number of hydrogen-bond acceptors (Lipinski definition) is 5. The number of carbonyl (C=O) groups is 1. The summed E-state index contributed by atoms with van der Waals surface area (Å²) in [6, 6.07) is 0. The second-order valence-electron chi connectivity index (χ2n) is 10.1. The predicted molar refractivity (Wildman–Crippen MR) is 121 cm³/mol. The topological polar surface area (TPSA) is 54.0 Å². The Bertz CT molecular complexity index is 814. The number of carbonyl (C=O) groups excluding carboxylic acids is 1. The van der Waals surface area contributed by atoms with E-state index in [1.54, 1.807) is 13.4 Å². The van der Waals surface area contributed by atoms with E-state index in [9.17, 15) is 4.79 Å². The lowest BCUT2D eigenvalue weighted by atomic mass is 9.57. The average Bonchev–Trinajstić information content (AvgIpc) is 2.90. The van der Waals surface area contributed by atoms with E-state index < -0.39 is 11.4 Å². The van der Waals surface area contributed by atoms with Crippen LogP contribution in [-0.2, 0) is 23.7 Å². The number of allylic oxidation sites excluding steroid dienone is 4. The van der Waals surface area contributed by atoms with Crippen molar-refractivity contribution in [1.29, 1.82) is 0 Å². The first-order chi connectivity index (χ1) is 14.5. The molecule has 2 heterocycles. The molecule has 0 aromatic carbocycles. The summed E-state index contributed by atoms with van der Waals surface area (Å²) in [6.45, 7) is 12.9. The van der Waals surface area contributed by atoms with Crippen LogP contribution in [0.15, 0.2) is 47.3 Å². The lowest BCUT2D eigenvalue weighted by Crippen LogP contribution is -2.59. The Kier molecular flexibility index (Phi) is 6.99. The van der Waals surface area contributed by atoms with Crippen LogP contribution in [0.1, 0.15) is 67.2 Å². The van der Waals surface area contributed by atoms with Crippen molar-refractivity contribution in [3.63, 3.8) is 0 Å². The van der Waals surface area contributed by atoms with Crippen molar-refractivity contribution >= 4 is 5.97 Å². The van der Waals surface area contributed by atoms with Gasteiger partial charge in [-0.2, -0.15) is 0 Å². The van der Waals surface area contributed by atoms with Gasteiger partial charge in [-0.3, -0.25) is 0 Å².